The summed E-state index contributed by atoms with van der Waals surface area (Å²) in [6.07, 6.45) is 2.82. The lowest BCUT2D eigenvalue weighted by atomic mass is 9.89. The van der Waals surface area contributed by atoms with Crippen LogP contribution in [-0.4, -0.2) is 34.3 Å². The van der Waals surface area contributed by atoms with Crippen molar-refractivity contribution in [2.75, 3.05) is 11.9 Å². The summed E-state index contributed by atoms with van der Waals surface area (Å²) in [6, 6.07) is 8.69. The Morgan fingerprint density at radius 2 is 1.97 bits per heavy atom. The second kappa shape index (κ2) is 7.97. The SMILES string of the molecule is CC1CCc2c(sc(NC(=S)NC(=O)CN3C(=O)c4ccccc4C3=O)c2C#N)C1. The minimum Gasteiger partial charge on any atom is -0.323 e. The average molecular weight is 439 g/mol. The van der Waals surface area contributed by atoms with E-state index in [-0.39, 0.29) is 16.2 Å². The molecule has 2 heterocycles. The predicted octanol–water partition coefficient (Wildman–Crippen LogP) is 2.85. The highest BCUT2D eigenvalue weighted by molar-refractivity contribution is 7.80. The molecule has 0 radical (unpaired) electrons. The van der Waals surface area contributed by atoms with Gasteiger partial charge in [0.2, 0.25) is 5.91 Å². The number of anilines is 1. The van der Waals surface area contributed by atoms with E-state index in [4.69, 9.17) is 12.2 Å². The summed E-state index contributed by atoms with van der Waals surface area (Å²) in [4.78, 5) is 39.2. The van der Waals surface area contributed by atoms with Crippen molar-refractivity contribution in [3.63, 3.8) is 0 Å². The highest BCUT2D eigenvalue weighted by atomic mass is 32.1. The number of carbonyl (C=O) groups excluding carboxylic acids is 3. The van der Waals surface area contributed by atoms with Crippen LogP contribution >= 0.6 is 23.6 Å². The molecule has 1 aliphatic heterocycles. The summed E-state index contributed by atoms with van der Waals surface area (Å²) in [5.74, 6) is -1.02. The number of nitrogens with zero attached hydrogens (tertiary/aromatic N) is 2. The zero-order valence-electron chi connectivity index (χ0n) is 16.2. The minimum absolute atomic E-state index is 0.0276. The molecule has 1 aromatic carbocycles. The van der Waals surface area contributed by atoms with Crippen LogP contribution in [0.1, 0.15) is 50.1 Å². The summed E-state index contributed by atoms with van der Waals surface area (Å²) in [5, 5.41) is 15.6. The van der Waals surface area contributed by atoms with Gasteiger partial charge in [-0.25, -0.2) is 0 Å². The molecule has 1 aliphatic carbocycles. The van der Waals surface area contributed by atoms with E-state index in [1.807, 2.05) is 0 Å². The molecule has 0 bridgehead atoms. The molecule has 0 spiro atoms. The molecular weight excluding hydrogens is 420 g/mol. The maximum absolute atomic E-state index is 12.4. The van der Waals surface area contributed by atoms with Crippen LogP contribution < -0.4 is 10.6 Å². The van der Waals surface area contributed by atoms with Gasteiger partial charge in [-0.1, -0.05) is 19.1 Å². The van der Waals surface area contributed by atoms with Gasteiger partial charge in [-0.05, 0) is 55.1 Å². The molecule has 1 unspecified atom stereocenters. The van der Waals surface area contributed by atoms with Crippen molar-refractivity contribution in [2.24, 2.45) is 5.92 Å². The molecule has 2 aliphatic rings. The quantitative estimate of drug-likeness (QED) is 0.564. The Morgan fingerprint density at radius 3 is 2.60 bits per heavy atom. The second-order valence-corrected chi connectivity index (χ2v) is 8.93. The van der Waals surface area contributed by atoms with Gasteiger partial charge < -0.3 is 10.6 Å². The number of thiophene rings is 1. The van der Waals surface area contributed by atoms with Crippen LogP contribution in [0.25, 0.3) is 0 Å². The number of rotatable bonds is 3. The van der Waals surface area contributed by atoms with Gasteiger partial charge in [-0.2, -0.15) is 5.26 Å². The van der Waals surface area contributed by atoms with E-state index in [1.54, 1.807) is 24.3 Å². The zero-order chi connectivity index (χ0) is 21.4. The van der Waals surface area contributed by atoms with Crippen molar-refractivity contribution in [3.05, 3.63) is 51.4 Å². The van der Waals surface area contributed by atoms with E-state index in [9.17, 15) is 19.6 Å². The molecule has 1 atom stereocenters. The Morgan fingerprint density at radius 1 is 1.30 bits per heavy atom. The molecule has 3 amide bonds. The fourth-order valence-electron chi connectivity index (χ4n) is 3.78. The number of benzene rings is 1. The van der Waals surface area contributed by atoms with Crippen LogP contribution in [0.15, 0.2) is 24.3 Å². The minimum atomic E-state index is -0.588. The molecule has 0 fully saturated rings. The Balaban J connectivity index is 1.41. The fraction of sp³-hybridized carbons (Fsp3) is 0.286. The fourth-order valence-corrected chi connectivity index (χ4v) is 5.43. The molecule has 9 heteroatoms. The van der Waals surface area contributed by atoms with Crippen LogP contribution in [-0.2, 0) is 17.6 Å². The number of amides is 3. The second-order valence-electron chi connectivity index (χ2n) is 7.41. The maximum Gasteiger partial charge on any atom is 0.262 e. The van der Waals surface area contributed by atoms with Gasteiger partial charge >= 0.3 is 0 Å². The van der Waals surface area contributed by atoms with Crippen LogP contribution in [0.2, 0.25) is 0 Å². The molecule has 0 saturated heterocycles. The molecule has 4 rings (SSSR count). The first-order valence-electron chi connectivity index (χ1n) is 9.49. The van der Waals surface area contributed by atoms with Gasteiger partial charge in [0.15, 0.2) is 5.11 Å². The Kier molecular flexibility index (Phi) is 5.37. The summed E-state index contributed by atoms with van der Waals surface area (Å²) in [5.41, 5.74) is 2.20. The van der Waals surface area contributed by atoms with E-state index in [0.29, 0.717) is 16.5 Å². The number of nitrogens with one attached hydrogen (secondary N) is 2. The monoisotopic (exact) mass is 438 g/mol. The van der Waals surface area contributed by atoms with Crippen molar-refractivity contribution in [3.8, 4) is 6.07 Å². The third-order valence-electron chi connectivity index (χ3n) is 5.28. The zero-order valence-corrected chi connectivity index (χ0v) is 17.8. The number of carbonyl (C=O) groups is 3. The van der Waals surface area contributed by atoms with Crippen LogP contribution in [0.4, 0.5) is 5.00 Å². The smallest absolute Gasteiger partial charge is 0.262 e. The Labute approximate surface area is 182 Å². The lowest BCUT2D eigenvalue weighted by Gasteiger charge is -2.17. The van der Waals surface area contributed by atoms with Crippen molar-refractivity contribution in [1.82, 2.24) is 10.2 Å². The molecule has 30 heavy (non-hydrogen) atoms. The first-order valence-corrected chi connectivity index (χ1v) is 10.7. The number of hydrogen-bond donors (Lipinski definition) is 2. The van der Waals surface area contributed by atoms with E-state index in [0.717, 1.165) is 29.7 Å². The molecule has 2 aromatic rings. The molecular formula is C21H18N4O3S2. The van der Waals surface area contributed by atoms with Gasteiger partial charge in [0.1, 0.15) is 17.6 Å². The van der Waals surface area contributed by atoms with Gasteiger partial charge in [0.25, 0.3) is 11.8 Å². The summed E-state index contributed by atoms with van der Waals surface area (Å²) in [6.45, 7) is 1.75. The highest BCUT2D eigenvalue weighted by Gasteiger charge is 2.36. The predicted molar refractivity (Wildman–Crippen MR) is 116 cm³/mol. The number of fused-ring (bicyclic) bond motifs is 2. The van der Waals surface area contributed by atoms with Crippen molar-refractivity contribution in [1.29, 1.82) is 5.26 Å². The molecule has 1 aromatic heterocycles. The van der Waals surface area contributed by atoms with Crippen LogP contribution in [0, 0.1) is 17.2 Å². The standard InChI is InChI=1S/C21H18N4O3S2/c1-11-6-7-12-15(9-22)18(30-16(12)8-11)24-21(29)23-17(26)10-25-19(27)13-4-2-3-5-14(13)20(25)28/h2-5,11H,6-8,10H2,1H3,(H2,23,24,26,29). The Bertz CT molecular complexity index is 1100. The average Bonchev–Trinajstić information content (AvgIpc) is 3.17. The summed E-state index contributed by atoms with van der Waals surface area (Å²) in [7, 11) is 0. The van der Waals surface area contributed by atoms with Gasteiger partial charge in [0, 0.05) is 4.88 Å². The van der Waals surface area contributed by atoms with Crippen molar-refractivity contribution >= 4 is 51.4 Å². The third kappa shape index (κ3) is 3.60. The maximum atomic E-state index is 12.4. The van der Waals surface area contributed by atoms with Crippen molar-refractivity contribution in [2.45, 2.75) is 26.2 Å². The lowest BCUT2D eigenvalue weighted by molar-refractivity contribution is -0.120. The first kappa shape index (κ1) is 20.2. The third-order valence-corrected chi connectivity index (χ3v) is 6.66. The molecule has 152 valence electrons. The largest absolute Gasteiger partial charge is 0.323 e. The van der Waals surface area contributed by atoms with Gasteiger partial charge in [-0.15, -0.1) is 11.3 Å². The van der Waals surface area contributed by atoms with Gasteiger partial charge in [0.05, 0.1) is 16.7 Å². The number of thiocarbonyl (C=S) groups is 1. The van der Waals surface area contributed by atoms with Crippen molar-refractivity contribution < 1.29 is 14.4 Å². The normalized spacial score (nSPS) is 17.2. The number of imide groups is 1. The summed E-state index contributed by atoms with van der Waals surface area (Å²) < 4.78 is 0. The van der Waals surface area contributed by atoms with Gasteiger partial charge in [-0.3, -0.25) is 19.3 Å². The molecule has 0 saturated carbocycles. The summed E-state index contributed by atoms with van der Waals surface area (Å²) >= 11 is 6.70. The van der Waals surface area contributed by atoms with Crippen LogP contribution in [0.3, 0.4) is 0 Å². The lowest BCUT2D eigenvalue weighted by Crippen LogP contribution is -2.43. The van der Waals surface area contributed by atoms with Crippen LogP contribution in [0.5, 0.6) is 0 Å². The topological polar surface area (TPSA) is 102 Å². The molecule has 7 nitrogen and oxygen atoms in total. The number of hydrogen-bond acceptors (Lipinski definition) is 6. The Hall–Kier alpha value is -3.09. The first-order chi connectivity index (χ1) is 14.4. The van der Waals surface area contributed by atoms with E-state index < -0.39 is 24.3 Å². The van der Waals surface area contributed by atoms with E-state index >= 15 is 0 Å². The van der Waals surface area contributed by atoms with E-state index in [1.165, 1.54) is 16.2 Å². The highest BCUT2D eigenvalue weighted by Crippen LogP contribution is 2.39. The van der Waals surface area contributed by atoms with E-state index in [2.05, 4.69) is 23.6 Å². The molecule has 2 N–H and O–H groups in total. The number of nitriles is 1.